The summed E-state index contributed by atoms with van der Waals surface area (Å²) in [5.41, 5.74) is 5.91. The Kier molecular flexibility index (Phi) is 3.13. The Morgan fingerprint density at radius 2 is 2.08 bits per heavy atom. The quantitative estimate of drug-likeness (QED) is 0.704. The molecule has 1 fully saturated rings. The van der Waals surface area contributed by atoms with Crippen molar-refractivity contribution >= 4 is 0 Å². The zero-order chi connectivity index (χ0) is 9.19. The predicted molar refractivity (Wildman–Crippen MR) is 51.0 cm³/mol. The third-order valence-electron chi connectivity index (χ3n) is 2.65. The molecule has 0 radical (unpaired) electrons. The molecular formula is C10H21NO. The molecule has 2 nitrogen and oxygen atoms in total. The van der Waals surface area contributed by atoms with Crippen molar-refractivity contribution in [3.8, 4) is 0 Å². The lowest BCUT2D eigenvalue weighted by molar-refractivity contribution is 0.0300. The number of hydrogen-bond acceptors (Lipinski definition) is 2. The topological polar surface area (TPSA) is 35.2 Å². The van der Waals surface area contributed by atoms with E-state index in [0.29, 0.717) is 12.2 Å². The summed E-state index contributed by atoms with van der Waals surface area (Å²) in [7, 11) is 0. The van der Waals surface area contributed by atoms with Gasteiger partial charge in [0.2, 0.25) is 0 Å². The summed E-state index contributed by atoms with van der Waals surface area (Å²) in [6.07, 6.45) is 4.45. The van der Waals surface area contributed by atoms with Crippen LogP contribution < -0.4 is 5.73 Å². The van der Waals surface area contributed by atoms with Crippen LogP contribution in [0.4, 0.5) is 0 Å². The van der Waals surface area contributed by atoms with Crippen LogP contribution in [-0.2, 0) is 4.74 Å². The van der Waals surface area contributed by atoms with Crippen molar-refractivity contribution in [2.45, 2.75) is 52.2 Å². The second kappa shape index (κ2) is 3.75. The average Bonchev–Trinajstić information content (AvgIpc) is 2.35. The van der Waals surface area contributed by atoms with Crippen molar-refractivity contribution in [1.82, 2.24) is 0 Å². The molecule has 2 heteroatoms. The maximum absolute atomic E-state index is 5.74. The van der Waals surface area contributed by atoms with Crippen LogP contribution in [0, 0.1) is 5.41 Å². The van der Waals surface area contributed by atoms with Gasteiger partial charge in [0.1, 0.15) is 0 Å². The van der Waals surface area contributed by atoms with Crippen LogP contribution in [0.2, 0.25) is 0 Å². The Morgan fingerprint density at radius 1 is 1.42 bits per heavy atom. The Bertz CT molecular complexity index is 145. The molecule has 0 bridgehead atoms. The van der Waals surface area contributed by atoms with Gasteiger partial charge in [0.15, 0.2) is 0 Å². The molecule has 1 heterocycles. The second-order valence-corrected chi connectivity index (χ2v) is 4.72. The fraction of sp³-hybridized carbons (Fsp3) is 1.00. The van der Waals surface area contributed by atoms with Crippen LogP contribution in [0.3, 0.4) is 0 Å². The smallest absolute Gasteiger partial charge is 0.0585 e. The van der Waals surface area contributed by atoms with Crippen LogP contribution in [0.15, 0.2) is 0 Å². The molecule has 2 N–H and O–H groups in total. The van der Waals surface area contributed by atoms with E-state index in [4.69, 9.17) is 10.5 Å². The fourth-order valence-corrected chi connectivity index (χ4v) is 1.74. The Balaban J connectivity index is 2.32. The highest BCUT2D eigenvalue weighted by molar-refractivity contribution is 4.79. The predicted octanol–water partition coefficient (Wildman–Crippen LogP) is 1.93. The van der Waals surface area contributed by atoms with E-state index in [0.717, 1.165) is 13.0 Å². The van der Waals surface area contributed by atoms with Gasteiger partial charge in [-0.05, 0) is 38.1 Å². The molecule has 0 saturated carbocycles. The number of ether oxygens (including phenoxy) is 1. The summed E-state index contributed by atoms with van der Waals surface area (Å²) < 4.78 is 5.74. The third-order valence-corrected chi connectivity index (χ3v) is 2.65. The molecule has 0 aromatic carbocycles. The van der Waals surface area contributed by atoms with Gasteiger partial charge in [-0.15, -0.1) is 0 Å². The van der Waals surface area contributed by atoms with E-state index in [9.17, 15) is 0 Å². The maximum Gasteiger partial charge on any atom is 0.0585 e. The molecule has 0 aromatic rings. The lowest BCUT2D eigenvalue weighted by Crippen LogP contribution is -2.28. The van der Waals surface area contributed by atoms with E-state index in [1.54, 1.807) is 0 Å². The molecule has 2 atom stereocenters. The van der Waals surface area contributed by atoms with Gasteiger partial charge >= 0.3 is 0 Å². The molecule has 0 aliphatic carbocycles. The van der Waals surface area contributed by atoms with Crippen LogP contribution in [0.1, 0.15) is 40.0 Å². The van der Waals surface area contributed by atoms with Crippen molar-refractivity contribution < 1.29 is 4.74 Å². The van der Waals surface area contributed by atoms with Gasteiger partial charge in [0, 0.05) is 0 Å². The van der Waals surface area contributed by atoms with E-state index in [2.05, 4.69) is 20.8 Å². The molecule has 1 rings (SSSR count). The highest BCUT2D eigenvalue weighted by Crippen LogP contribution is 2.29. The van der Waals surface area contributed by atoms with Gasteiger partial charge < -0.3 is 10.5 Å². The van der Waals surface area contributed by atoms with E-state index in [1.165, 1.54) is 12.8 Å². The van der Waals surface area contributed by atoms with Gasteiger partial charge in [0.05, 0.1) is 12.2 Å². The molecule has 1 saturated heterocycles. The van der Waals surface area contributed by atoms with Gasteiger partial charge in [0.25, 0.3) is 0 Å². The highest BCUT2D eigenvalue weighted by atomic mass is 16.5. The zero-order valence-corrected chi connectivity index (χ0v) is 8.47. The Labute approximate surface area is 75.5 Å². The molecule has 0 amide bonds. The van der Waals surface area contributed by atoms with Crippen LogP contribution in [0.5, 0.6) is 0 Å². The normalized spacial score (nSPS) is 31.0. The molecule has 1 aliphatic heterocycles. The molecule has 12 heavy (non-hydrogen) atoms. The maximum atomic E-state index is 5.74. The first-order valence-corrected chi connectivity index (χ1v) is 4.89. The highest BCUT2D eigenvalue weighted by Gasteiger charge is 2.27. The van der Waals surface area contributed by atoms with Crippen molar-refractivity contribution in [3.63, 3.8) is 0 Å². The van der Waals surface area contributed by atoms with Crippen LogP contribution in [0.25, 0.3) is 0 Å². The van der Waals surface area contributed by atoms with Gasteiger partial charge in [-0.25, -0.2) is 0 Å². The first-order valence-electron chi connectivity index (χ1n) is 4.89. The van der Waals surface area contributed by atoms with Gasteiger partial charge in [-0.2, -0.15) is 0 Å². The molecule has 2 unspecified atom stereocenters. The van der Waals surface area contributed by atoms with E-state index < -0.39 is 0 Å². The first kappa shape index (κ1) is 10.0. The lowest BCUT2D eigenvalue weighted by atomic mass is 9.86. The summed E-state index contributed by atoms with van der Waals surface area (Å²) >= 11 is 0. The Morgan fingerprint density at radius 3 is 2.50 bits per heavy atom. The van der Waals surface area contributed by atoms with Crippen molar-refractivity contribution in [2.75, 3.05) is 6.54 Å². The second-order valence-electron chi connectivity index (χ2n) is 4.72. The molecule has 0 spiro atoms. The SMILES string of the molecule is CC1CCC(CC(C)(C)CN)O1. The summed E-state index contributed by atoms with van der Waals surface area (Å²) in [4.78, 5) is 0. The first-order chi connectivity index (χ1) is 5.53. The zero-order valence-electron chi connectivity index (χ0n) is 8.47. The molecule has 0 aromatic heterocycles. The minimum Gasteiger partial charge on any atom is -0.375 e. The van der Waals surface area contributed by atoms with Gasteiger partial charge in [-0.1, -0.05) is 13.8 Å². The summed E-state index contributed by atoms with van der Waals surface area (Å²) in [5, 5.41) is 0. The van der Waals surface area contributed by atoms with Crippen molar-refractivity contribution in [3.05, 3.63) is 0 Å². The summed E-state index contributed by atoms with van der Waals surface area (Å²) in [6.45, 7) is 7.31. The summed E-state index contributed by atoms with van der Waals surface area (Å²) in [6, 6.07) is 0. The van der Waals surface area contributed by atoms with E-state index in [-0.39, 0.29) is 5.41 Å². The minimum atomic E-state index is 0.245. The minimum absolute atomic E-state index is 0.245. The standard InChI is InChI=1S/C10H21NO/c1-8-4-5-9(12-8)6-10(2,3)7-11/h8-9H,4-7,11H2,1-3H3. The number of nitrogens with two attached hydrogens (primary N) is 1. The van der Waals surface area contributed by atoms with Gasteiger partial charge in [-0.3, -0.25) is 0 Å². The fourth-order valence-electron chi connectivity index (χ4n) is 1.74. The number of hydrogen-bond donors (Lipinski definition) is 1. The third kappa shape index (κ3) is 2.76. The number of rotatable bonds is 3. The molecule has 72 valence electrons. The molecule has 1 aliphatic rings. The van der Waals surface area contributed by atoms with Crippen molar-refractivity contribution in [2.24, 2.45) is 11.1 Å². The Hall–Kier alpha value is -0.0800. The van der Waals surface area contributed by atoms with E-state index >= 15 is 0 Å². The average molecular weight is 171 g/mol. The van der Waals surface area contributed by atoms with Crippen molar-refractivity contribution in [1.29, 1.82) is 0 Å². The lowest BCUT2D eigenvalue weighted by Gasteiger charge is -2.25. The molecular weight excluding hydrogens is 150 g/mol. The van der Waals surface area contributed by atoms with E-state index in [1.807, 2.05) is 0 Å². The monoisotopic (exact) mass is 171 g/mol. The largest absolute Gasteiger partial charge is 0.375 e. The summed E-state index contributed by atoms with van der Waals surface area (Å²) in [5.74, 6) is 0. The van der Waals surface area contributed by atoms with Crippen LogP contribution in [-0.4, -0.2) is 18.8 Å². The van der Waals surface area contributed by atoms with Crippen LogP contribution >= 0.6 is 0 Å².